The number of halogens is 27. The third-order valence-corrected chi connectivity index (χ3v) is 6.77. The lowest BCUT2D eigenvalue weighted by molar-refractivity contribution is -0.481. The molecule has 3 atom stereocenters. The van der Waals surface area contributed by atoms with E-state index in [1.54, 1.807) is 13.8 Å². The van der Waals surface area contributed by atoms with E-state index in [1.165, 1.54) is 0 Å². The van der Waals surface area contributed by atoms with Crippen molar-refractivity contribution in [2.24, 2.45) is 0 Å². The van der Waals surface area contributed by atoms with Gasteiger partial charge in [-0.05, 0) is 20.3 Å². The SMILES string of the molecule is CCOC(=O)C(CCC=O)(NC(C)=O)C(=O)OCC.O=CCC(F)(C(F)(F)F)C(F)(F)C(F)(F)F.O=CCC(F)(OC(F)(F)C(F)(F)C(F)(F)F)C(F)(F)F.O=CCC(F)(OC(F)(F)F)C(F)(F)F. The molecule has 69 heavy (non-hydrogen) atoms. The molecule has 0 aliphatic heterocycles. The van der Waals surface area contributed by atoms with E-state index in [2.05, 4.69) is 10.1 Å². The zero-order valence-electron chi connectivity index (χ0n) is 33.5. The van der Waals surface area contributed by atoms with Gasteiger partial charge in [-0.25, -0.2) is 27.5 Å². The molecular weight excluding hydrogens is 1060 g/mol. The summed E-state index contributed by atoms with van der Waals surface area (Å²) in [6, 6.07) is 0. The zero-order valence-corrected chi connectivity index (χ0v) is 33.5. The second-order valence-electron chi connectivity index (χ2n) is 11.9. The molecule has 12 nitrogen and oxygen atoms in total. The molecule has 0 heterocycles. The van der Waals surface area contributed by atoms with Gasteiger partial charge in [-0.1, -0.05) is 0 Å². The fourth-order valence-electron chi connectivity index (χ4n) is 3.56. The minimum absolute atomic E-state index is 0.0423. The van der Waals surface area contributed by atoms with Gasteiger partial charge < -0.3 is 34.0 Å². The lowest BCUT2D eigenvalue weighted by Crippen LogP contribution is -2.62. The van der Waals surface area contributed by atoms with Crippen molar-refractivity contribution in [2.75, 3.05) is 13.2 Å². The molecule has 3 unspecified atom stereocenters. The summed E-state index contributed by atoms with van der Waals surface area (Å²) >= 11 is 0. The Labute approximate surface area is 364 Å². The van der Waals surface area contributed by atoms with Gasteiger partial charge in [-0.15, -0.1) is 13.2 Å². The van der Waals surface area contributed by atoms with Crippen LogP contribution in [0.3, 0.4) is 0 Å². The number of amides is 1. The Hall–Kier alpha value is -4.88. The second-order valence-corrected chi connectivity index (χ2v) is 11.9. The fourth-order valence-corrected chi connectivity index (χ4v) is 3.56. The van der Waals surface area contributed by atoms with Crippen molar-refractivity contribution < 1.29 is 171 Å². The summed E-state index contributed by atoms with van der Waals surface area (Å²) in [5, 5.41) is 2.25. The predicted octanol–water partition coefficient (Wildman–Crippen LogP) is 8.96. The van der Waals surface area contributed by atoms with E-state index < -0.39 is 134 Å². The Balaban J connectivity index is -0.000000412. The van der Waals surface area contributed by atoms with E-state index in [0.29, 0.717) is 6.29 Å². The topological polar surface area (TPSA) is 168 Å². The maximum Gasteiger partial charge on any atom is 0.525 e. The van der Waals surface area contributed by atoms with Gasteiger partial charge in [0.15, 0.2) is 0 Å². The van der Waals surface area contributed by atoms with Crippen LogP contribution in [-0.2, 0) is 52.5 Å². The summed E-state index contributed by atoms with van der Waals surface area (Å²) in [6.45, 7) is 4.39. The molecule has 1 amide bonds. The Morgan fingerprint density at radius 1 is 0.449 bits per heavy atom. The van der Waals surface area contributed by atoms with Crippen LogP contribution in [0.4, 0.5) is 119 Å². The standard InChI is InChI=1S/C12H19NO6.C7H3F11O2.C6H3F9O.C5H3F7O2/c1-4-18-10(16)12(7-6-8-14,13-9(3)15)11(17)19-5-2;8-3(1-2-19,5(11,12)13)20-7(17,18)4(9,10)6(14,15)16;7-3(1-2-16,5(10,11)12)4(8,9)6(13,14)15;6-3(1-2-13,4(7,8)9)14-5(10,11)12/h8H,4-7H2,1-3H3,(H,13,15);2H,1H2;2H,1H2;2H,1H2. The highest BCUT2D eigenvalue weighted by atomic mass is 19.5. The highest BCUT2D eigenvalue weighted by Gasteiger charge is 2.81. The number of ether oxygens (including phenoxy) is 4. The van der Waals surface area contributed by atoms with E-state index in [1.807, 2.05) is 4.74 Å². The van der Waals surface area contributed by atoms with Crippen LogP contribution in [0.1, 0.15) is 52.9 Å². The molecule has 1 N–H and O–H groups in total. The van der Waals surface area contributed by atoms with Gasteiger partial charge in [-0.2, -0.15) is 92.2 Å². The van der Waals surface area contributed by atoms with Gasteiger partial charge in [0.25, 0.3) is 5.67 Å². The lowest BCUT2D eigenvalue weighted by Gasteiger charge is -2.34. The average molecular weight is 1090 g/mol. The van der Waals surface area contributed by atoms with Crippen LogP contribution in [0.5, 0.6) is 0 Å². The molecule has 408 valence electrons. The van der Waals surface area contributed by atoms with Crippen LogP contribution >= 0.6 is 0 Å². The summed E-state index contributed by atoms with van der Waals surface area (Å²) < 4.78 is 336. The number of alkyl halides is 27. The number of carbonyl (C=O) groups is 7. The van der Waals surface area contributed by atoms with E-state index >= 15 is 0 Å². The third-order valence-electron chi connectivity index (χ3n) is 6.77. The Morgan fingerprint density at radius 3 is 1.01 bits per heavy atom. The summed E-state index contributed by atoms with van der Waals surface area (Å²) in [4.78, 5) is 74.5. The second kappa shape index (κ2) is 25.3. The van der Waals surface area contributed by atoms with Gasteiger partial charge in [0, 0.05) is 13.3 Å². The number of rotatable bonds is 19. The molecule has 0 saturated heterocycles. The number of aldehydes is 4. The zero-order chi connectivity index (χ0) is 56.5. The van der Waals surface area contributed by atoms with Crippen molar-refractivity contribution in [1.29, 1.82) is 0 Å². The average Bonchev–Trinajstić information content (AvgIpc) is 3.11. The summed E-state index contributed by atoms with van der Waals surface area (Å²) in [7, 11) is 0. The first-order valence-electron chi connectivity index (χ1n) is 16.7. The van der Waals surface area contributed by atoms with Crippen molar-refractivity contribution in [2.45, 2.75) is 131 Å². The Morgan fingerprint density at radius 2 is 0.783 bits per heavy atom. The van der Waals surface area contributed by atoms with E-state index in [9.17, 15) is 152 Å². The molecule has 39 heteroatoms. The first-order valence-corrected chi connectivity index (χ1v) is 16.7. The molecule has 0 aromatic rings. The molecule has 0 aliphatic rings. The van der Waals surface area contributed by atoms with Crippen LogP contribution in [0, 0.1) is 0 Å². The lowest BCUT2D eigenvalue weighted by atomic mass is 9.93. The van der Waals surface area contributed by atoms with Crippen molar-refractivity contribution in [3.05, 3.63) is 0 Å². The van der Waals surface area contributed by atoms with Crippen molar-refractivity contribution in [3.63, 3.8) is 0 Å². The van der Waals surface area contributed by atoms with Crippen LogP contribution in [0.25, 0.3) is 0 Å². The summed E-state index contributed by atoms with van der Waals surface area (Å²) in [5.41, 5.74) is -7.92. The van der Waals surface area contributed by atoms with Crippen LogP contribution < -0.4 is 5.32 Å². The number of carbonyl (C=O) groups excluding carboxylic acids is 7. The largest absolute Gasteiger partial charge is 0.525 e. The highest BCUT2D eigenvalue weighted by molar-refractivity contribution is 6.07. The quantitative estimate of drug-likeness (QED) is 0.0568. The molecule has 0 fully saturated rings. The third kappa shape index (κ3) is 19.4. The summed E-state index contributed by atoms with van der Waals surface area (Å²) in [6.07, 6.45) is -55.0. The van der Waals surface area contributed by atoms with Gasteiger partial charge >= 0.3 is 78.8 Å². The predicted molar refractivity (Wildman–Crippen MR) is 162 cm³/mol. The van der Waals surface area contributed by atoms with Gasteiger partial charge in [0.2, 0.25) is 11.4 Å². The normalized spacial score (nSPS) is 15.8. The smallest absolute Gasteiger partial charge is 0.464 e. The number of esters is 2. The van der Waals surface area contributed by atoms with E-state index in [0.717, 1.165) is 6.92 Å². The molecule has 0 radical (unpaired) electrons. The molecule has 0 aliphatic carbocycles. The number of hydrogen-bond acceptors (Lipinski definition) is 11. The molecular formula is C30H28F27NO11. The fraction of sp³-hybridized carbons (Fsp3) is 0.767. The van der Waals surface area contributed by atoms with Crippen molar-refractivity contribution in [3.8, 4) is 0 Å². The van der Waals surface area contributed by atoms with Gasteiger partial charge in [0.05, 0.1) is 32.5 Å². The molecule has 0 aromatic carbocycles. The molecule has 0 aromatic heterocycles. The van der Waals surface area contributed by atoms with Crippen molar-refractivity contribution in [1.82, 2.24) is 5.32 Å². The highest BCUT2D eigenvalue weighted by Crippen LogP contribution is 2.54. The Bertz CT molecular complexity index is 1660. The van der Waals surface area contributed by atoms with Gasteiger partial charge in [0.1, 0.15) is 25.1 Å². The number of hydrogen-bond donors (Lipinski definition) is 1. The van der Waals surface area contributed by atoms with Crippen LogP contribution in [0.2, 0.25) is 0 Å². The monoisotopic (exact) mass is 1090 g/mol. The maximum absolute atomic E-state index is 13.0. The Kier molecular flexibility index (Phi) is 25.9. The van der Waals surface area contributed by atoms with E-state index in [-0.39, 0.29) is 26.1 Å². The molecule has 0 rings (SSSR count). The summed E-state index contributed by atoms with van der Waals surface area (Å²) in [5.74, 6) is -27.0. The van der Waals surface area contributed by atoms with Crippen LogP contribution in [0.15, 0.2) is 0 Å². The number of nitrogens with one attached hydrogen (secondary N) is 1. The molecule has 0 bridgehead atoms. The first kappa shape index (κ1) is 70.7. The minimum Gasteiger partial charge on any atom is -0.464 e. The van der Waals surface area contributed by atoms with Crippen molar-refractivity contribution >= 4 is 43.0 Å². The van der Waals surface area contributed by atoms with E-state index in [4.69, 9.17) is 9.47 Å². The molecule has 0 saturated carbocycles. The minimum atomic E-state index is -7.11. The van der Waals surface area contributed by atoms with Crippen LogP contribution in [-0.4, -0.2) is 134 Å². The molecule has 0 spiro atoms. The maximum atomic E-state index is 13.0. The van der Waals surface area contributed by atoms with Gasteiger partial charge in [-0.3, -0.25) is 9.53 Å². The first-order chi connectivity index (χ1) is 30.3.